The SMILES string of the molecule is Cn1cc(-n2ccc3nc(Cc4cnn(CCF)c4)nc(O[C@H]4CCOC4)c32)cn1. The first-order chi connectivity index (χ1) is 14.7. The van der Waals surface area contributed by atoms with Crippen LogP contribution >= 0.6 is 0 Å². The van der Waals surface area contributed by atoms with Gasteiger partial charge in [-0.2, -0.15) is 15.2 Å². The number of aromatic nitrogens is 7. The lowest BCUT2D eigenvalue weighted by Gasteiger charge is -2.14. The van der Waals surface area contributed by atoms with E-state index in [0.29, 0.717) is 31.3 Å². The predicted molar refractivity (Wildman–Crippen MR) is 106 cm³/mol. The second-order valence-corrected chi connectivity index (χ2v) is 7.32. The van der Waals surface area contributed by atoms with Crippen molar-refractivity contribution < 1.29 is 13.9 Å². The zero-order valence-corrected chi connectivity index (χ0v) is 16.6. The van der Waals surface area contributed by atoms with E-state index in [0.717, 1.165) is 28.7 Å². The Hall–Kier alpha value is -3.27. The molecule has 0 bridgehead atoms. The van der Waals surface area contributed by atoms with E-state index < -0.39 is 6.67 Å². The number of alkyl halides is 1. The zero-order chi connectivity index (χ0) is 20.5. The number of aryl methyl sites for hydroxylation is 2. The van der Waals surface area contributed by atoms with Crippen LogP contribution in [0.25, 0.3) is 16.7 Å². The molecule has 4 aromatic heterocycles. The van der Waals surface area contributed by atoms with Crippen molar-refractivity contribution >= 4 is 11.0 Å². The molecule has 9 nitrogen and oxygen atoms in total. The molecule has 5 heterocycles. The van der Waals surface area contributed by atoms with Gasteiger partial charge in [0.2, 0.25) is 5.88 Å². The summed E-state index contributed by atoms with van der Waals surface area (Å²) in [6, 6.07) is 1.94. The van der Waals surface area contributed by atoms with Gasteiger partial charge in [0.25, 0.3) is 0 Å². The van der Waals surface area contributed by atoms with Crippen molar-refractivity contribution in [3.8, 4) is 11.6 Å². The van der Waals surface area contributed by atoms with E-state index in [1.54, 1.807) is 21.8 Å². The van der Waals surface area contributed by atoms with Crippen LogP contribution in [-0.4, -0.2) is 60.1 Å². The molecule has 0 amide bonds. The Morgan fingerprint density at radius 1 is 1.23 bits per heavy atom. The van der Waals surface area contributed by atoms with Gasteiger partial charge in [0.1, 0.15) is 24.1 Å². The molecular weight excluding hydrogens is 389 g/mol. The van der Waals surface area contributed by atoms with E-state index in [1.807, 2.05) is 36.3 Å². The molecular formula is C20H22FN7O2. The van der Waals surface area contributed by atoms with Crippen LogP contribution < -0.4 is 4.74 Å². The third-order valence-electron chi connectivity index (χ3n) is 5.05. The Morgan fingerprint density at radius 2 is 2.17 bits per heavy atom. The van der Waals surface area contributed by atoms with E-state index in [4.69, 9.17) is 19.4 Å². The van der Waals surface area contributed by atoms with Crippen molar-refractivity contribution in [2.45, 2.75) is 25.5 Å². The summed E-state index contributed by atoms with van der Waals surface area (Å²) in [7, 11) is 1.88. The van der Waals surface area contributed by atoms with Crippen LogP contribution in [0, 0.1) is 0 Å². The molecule has 0 unspecified atom stereocenters. The molecule has 1 aliphatic heterocycles. The lowest BCUT2D eigenvalue weighted by atomic mass is 10.2. The van der Waals surface area contributed by atoms with Crippen LogP contribution in [-0.2, 0) is 24.8 Å². The largest absolute Gasteiger partial charge is 0.470 e. The third-order valence-corrected chi connectivity index (χ3v) is 5.05. The molecule has 1 saturated heterocycles. The fourth-order valence-electron chi connectivity index (χ4n) is 3.62. The third kappa shape index (κ3) is 3.65. The second-order valence-electron chi connectivity index (χ2n) is 7.32. The molecule has 0 N–H and O–H groups in total. The fourth-order valence-corrected chi connectivity index (χ4v) is 3.62. The molecule has 30 heavy (non-hydrogen) atoms. The standard InChI is InChI=1S/C20H22FN7O2/c1-26-12-15(10-22-26)28-5-2-17-19(28)20(30-16-3-7-29-13-16)25-18(24-17)8-14-9-23-27(11-14)6-4-21/h2,5,9-12,16H,3-4,6-8,13H2,1H3/t16-/m0/s1. The van der Waals surface area contributed by atoms with Gasteiger partial charge >= 0.3 is 0 Å². The molecule has 156 valence electrons. The summed E-state index contributed by atoms with van der Waals surface area (Å²) in [5, 5.41) is 8.44. The Kier molecular flexibility index (Phi) is 4.91. The summed E-state index contributed by atoms with van der Waals surface area (Å²) in [6.45, 7) is 1.02. The number of fused-ring (bicyclic) bond motifs is 1. The van der Waals surface area contributed by atoms with Gasteiger partial charge in [0, 0.05) is 38.5 Å². The van der Waals surface area contributed by atoms with Gasteiger partial charge in [-0.05, 0) is 11.6 Å². The average Bonchev–Trinajstić information content (AvgIpc) is 3.50. The van der Waals surface area contributed by atoms with Crippen LogP contribution in [0.1, 0.15) is 17.8 Å². The molecule has 1 atom stereocenters. The van der Waals surface area contributed by atoms with Gasteiger partial charge in [-0.15, -0.1) is 0 Å². The summed E-state index contributed by atoms with van der Waals surface area (Å²) >= 11 is 0. The molecule has 0 saturated carbocycles. The van der Waals surface area contributed by atoms with E-state index in [-0.39, 0.29) is 12.6 Å². The normalized spacial score (nSPS) is 16.5. The zero-order valence-electron chi connectivity index (χ0n) is 16.6. The van der Waals surface area contributed by atoms with Crippen molar-refractivity contribution in [2.75, 3.05) is 19.9 Å². The number of rotatable bonds is 7. The quantitative estimate of drug-likeness (QED) is 0.463. The van der Waals surface area contributed by atoms with Crippen LogP contribution in [0.4, 0.5) is 4.39 Å². The summed E-state index contributed by atoms with van der Waals surface area (Å²) in [5.74, 6) is 1.15. The highest BCUT2D eigenvalue weighted by Crippen LogP contribution is 2.29. The first-order valence-electron chi connectivity index (χ1n) is 9.88. The summed E-state index contributed by atoms with van der Waals surface area (Å²) in [5.41, 5.74) is 3.41. The van der Waals surface area contributed by atoms with Crippen molar-refractivity contribution in [1.29, 1.82) is 0 Å². The minimum atomic E-state index is -0.452. The first-order valence-corrected chi connectivity index (χ1v) is 9.88. The molecule has 5 rings (SSSR count). The molecule has 1 fully saturated rings. The predicted octanol–water partition coefficient (Wildman–Crippen LogP) is 2.08. The van der Waals surface area contributed by atoms with Crippen LogP contribution in [0.2, 0.25) is 0 Å². The number of halogens is 1. The van der Waals surface area contributed by atoms with Gasteiger partial charge in [0.15, 0.2) is 0 Å². The minimum Gasteiger partial charge on any atom is -0.470 e. The molecule has 0 spiro atoms. The molecule has 0 aromatic carbocycles. The van der Waals surface area contributed by atoms with E-state index in [9.17, 15) is 4.39 Å². The van der Waals surface area contributed by atoms with Crippen LogP contribution in [0.3, 0.4) is 0 Å². The number of hydrogen-bond donors (Lipinski definition) is 0. The monoisotopic (exact) mass is 411 g/mol. The summed E-state index contributed by atoms with van der Waals surface area (Å²) in [4.78, 5) is 9.46. The van der Waals surface area contributed by atoms with Gasteiger partial charge in [-0.25, -0.2) is 9.37 Å². The second kappa shape index (κ2) is 7.86. The van der Waals surface area contributed by atoms with Gasteiger partial charge in [-0.3, -0.25) is 9.36 Å². The fraction of sp³-hybridized carbons (Fsp3) is 0.400. The van der Waals surface area contributed by atoms with Gasteiger partial charge in [-0.1, -0.05) is 0 Å². The maximum atomic E-state index is 12.6. The molecule has 1 aliphatic rings. The Labute approximate surface area is 172 Å². The molecule has 10 heteroatoms. The average molecular weight is 411 g/mol. The first kappa shape index (κ1) is 18.7. The number of ether oxygens (including phenoxy) is 2. The summed E-state index contributed by atoms with van der Waals surface area (Å²) in [6.07, 6.45) is 10.5. The highest BCUT2D eigenvalue weighted by Gasteiger charge is 2.22. The molecule has 4 aromatic rings. The minimum absolute atomic E-state index is 0.0412. The Morgan fingerprint density at radius 3 is 2.93 bits per heavy atom. The van der Waals surface area contributed by atoms with E-state index in [2.05, 4.69) is 10.2 Å². The Bertz CT molecular complexity index is 1160. The Balaban J connectivity index is 1.54. The maximum absolute atomic E-state index is 12.6. The van der Waals surface area contributed by atoms with Crippen molar-refractivity contribution in [1.82, 2.24) is 34.1 Å². The lowest BCUT2D eigenvalue weighted by Crippen LogP contribution is -2.18. The molecule has 0 aliphatic carbocycles. The van der Waals surface area contributed by atoms with E-state index >= 15 is 0 Å². The summed E-state index contributed by atoms with van der Waals surface area (Å²) < 4.78 is 29.6. The number of hydrogen-bond acceptors (Lipinski definition) is 6. The van der Waals surface area contributed by atoms with Crippen molar-refractivity contribution in [2.24, 2.45) is 7.05 Å². The lowest BCUT2D eigenvalue weighted by molar-refractivity contribution is 0.139. The highest BCUT2D eigenvalue weighted by molar-refractivity contribution is 5.82. The van der Waals surface area contributed by atoms with E-state index in [1.165, 1.54) is 0 Å². The smallest absolute Gasteiger partial charge is 0.242 e. The topological polar surface area (TPSA) is 84.8 Å². The van der Waals surface area contributed by atoms with Crippen LogP contribution in [0.5, 0.6) is 5.88 Å². The highest BCUT2D eigenvalue weighted by atomic mass is 19.1. The maximum Gasteiger partial charge on any atom is 0.242 e. The molecule has 0 radical (unpaired) electrons. The van der Waals surface area contributed by atoms with Crippen LogP contribution in [0.15, 0.2) is 37.1 Å². The number of nitrogens with zero attached hydrogens (tertiary/aromatic N) is 7. The van der Waals surface area contributed by atoms with Crippen molar-refractivity contribution in [3.63, 3.8) is 0 Å². The van der Waals surface area contributed by atoms with Gasteiger partial charge in [0.05, 0.1) is 43.4 Å². The van der Waals surface area contributed by atoms with Crippen molar-refractivity contribution in [3.05, 3.63) is 48.4 Å². The van der Waals surface area contributed by atoms with Gasteiger partial charge < -0.3 is 14.0 Å².